The van der Waals surface area contributed by atoms with Crippen LogP contribution in [0.4, 0.5) is 4.79 Å². The summed E-state index contributed by atoms with van der Waals surface area (Å²) in [5.41, 5.74) is 2.33. The number of rotatable bonds is 9. The Kier molecular flexibility index (Phi) is 8.45. The van der Waals surface area contributed by atoms with Crippen molar-refractivity contribution in [2.24, 2.45) is 0 Å². The molecule has 2 aliphatic rings. The van der Waals surface area contributed by atoms with E-state index < -0.39 is 0 Å². The van der Waals surface area contributed by atoms with Crippen molar-refractivity contribution < 1.29 is 19.1 Å². The molecule has 0 unspecified atom stereocenters. The third-order valence-electron chi connectivity index (χ3n) is 6.43. The highest BCUT2D eigenvalue weighted by Gasteiger charge is 2.34. The van der Waals surface area contributed by atoms with Gasteiger partial charge in [0.1, 0.15) is 18.9 Å². The van der Waals surface area contributed by atoms with E-state index in [1.54, 1.807) is 16.2 Å². The molecule has 0 saturated carbocycles. The number of hydrogen-bond donors (Lipinski definition) is 1. The lowest BCUT2D eigenvalue weighted by Crippen LogP contribution is -2.51. The lowest BCUT2D eigenvalue weighted by atomic mass is 10.0. The first-order valence-electron chi connectivity index (χ1n) is 12.2. The zero-order chi connectivity index (χ0) is 23.9. The molecule has 3 amide bonds. The molecule has 0 radical (unpaired) electrons. The van der Waals surface area contributed by atoms with Crippen molar-refractivity contribution in [2.75, 3.05) is 39.4 Å². The number of carbonyl (C=O) groups is 2. The maximum atomic E-state index is 13.6. The number of nitrogens with one attached hydrogen (secondary N) is 1. The van der Waals surface area contributed by atoms with Gasteiger partial charge in [0.05, 0.1) is 12.1 Å². The van der Waals surface area contributed by atoms with E-state index in [0.717, 1.165) is 37.0 Å². The summed E-state index contributed by atoms with van der Waals surface area (Å²) >= 11 is 1.73. The molecule has 184 valence electrons. The fourth-order valence-electron chi connectivity index (χ4n) is 4.54. The number of fused-ring (bicyclic) bond motifs is 1. The molecule has 1 fully saturated rings. The molecular formula is C26H35N3O4S. The van der Waals surface area contributed by atoms with Gasteiger partial charge in [-0.3, -0.25) is 4.79 Å². The molecule has 1 N–H and O–H groups in total. The Labute approximate surface area is 206 Å². The minimum absolute atomic E-state index is 0.00863. The lowest BCUT2D eigenvalue weighted by molar-refractivity contribution is -0.135. The summed E-state index contributed by atoms with van der Waals surface area (Å²) in [6, 6.07) is 9.68. The van der Waals surface area contributed by atoms with Crippen molar-refractivity contribution in [3.05, 3.63) is 51.7 Å². The highest BCUT2D eigenvalue weighted by Crippen LogP contribution is 2.34. The first-order chi connectivity index (χ1) is 16.5. The average molecular weight is 486 g/mol. The Bertz CT molecular complexity index is 955. The molecular weight excluding hydrogens is 450 g/mol. The van der Waals surface area contributed by atoms with Gasteiger partial charge in [0.2, 0.25) is 5.91 Å². The third-order valence-corrected chi connectivity index (χ3v) is 7.43. The summed E-state index contributed by atoms with van der Waals surface area (Å²) in [4.78, 5) is 31.2. The Hall–Kier alpha value is -2.58. The summed E-state index contributed by atoms with van der Waals surface area (Å²) in [5.74, 6) is 0.735. The van der Waals surface area contributed by atoms with Crippen LogP contribution in [0.3, 0.4) is 0 Å². The van der Waals surface area contributed by atoms with E-state index >= 15 is 0 Å². The maximum absolute atomic E-state index is 13.6. The van der Waals surface area contributed by atoms with Gasteiger partial charge in [-0.1, -0.05) is 24.6 Å². The summed E-state index contributed by atoms with van der Waals surface area (Å²) in [6.07, 6.45) is 3.58. The largest absolute Gasteiger partial charge is 0.491 e. The minimum atomic E-state index is -0.202. The number of urea groups is 1. The lowest BCUT2D eigenvalue weighted by Gasteiger charge is -2.37. The molecule has 7 nitrogen and oxygen atoms in total. The Morgan fingerprint density at radius 3 is 2.82 bits per heavy atom. The fraction of sp³-hybridized carbons (Fsp3) is 0.538. The van der Waals surface area contributed by atoms with Crippen LogP contribution in [0.2, 0.25) is 0 Å². The van der Waals surface area contributed by atoms with Crippen molar-refractivity contribution >= 4 is 23.3 Å². The molecule has 2 aromatic rings. The van der Waals surface area contributed by atoms with Crippen molar-refractivity contribution in [2.45, 2.75) is 51.7 Å². The quantitative estimate of drug-likeness (QED) is 0.579. The van der Waals surface area contributed by atoms with Crippen LogP contribution in [0, 0.1) is 6.92 Å². The van der Waals surface area contributed by atoms with Gasteiger partial charge in [-0.05, 0) is 61.7 Å². The summed E-state index contributed by atoms with van der Waals surface area (Å²) in [5, 5.41) is 5.01. The number of ether oxygens (including phenoxy) is 2. The Balaban J connectivity index is 1.47. The van der Waals surface area contributed by atoms with Crippen LogP contribution in [0.1, 0.15) is 48.2 Å². The van der Waals surface area contributed by atoms with Crippen LogP contribution in [0.25, 0.3) is 0 Å². The van der Waals surface area contributed by atoms with Gasteiger partial charge in [-0.2, -0.15) is 0 Å². The molecule has 1 saturated heterocycles. The number of aryl methyl sites for hydroxylation is 1. The first kappa shape index (κ1) is 24.5. The van der Waals surface area contributed by atoms with Gasteiger partial charge in [0.25, 0.3) is 0 Å². The number of carbonyl (C=O) groups excluding carboxylic acids is 2. The topological polar surface area (TPSA) is 71.1 Å². The van der Waals surface area contributed by atoms with Gasteiger partial charge in [0.15, 0.2) is 0 Å². The van der Waals surface area contributed by atoms with E-state index in [2.05, 4.69) is 16.8 Å². The second-order valence-electron chi connectivity index (χ2n) is 9.02. The highest BCUT2D eigenvalue weighted by atomic mass is 32.1. The third kappa shape index (κ3) is 6.10. The molecule has 1 aromatic heterocycles. The average Bonchev–Trinajstić information content (AvgIpc) is 3.53. The monoisotopic (exact) mass is 485 g/mol. The SMILES string of the molecule is CCCNC(=O)N(CC(=O)N1CCc2sccc2[C@H]1COc1ccc(C)cc1)C[C@H]1CCCO1. The van der Waals surface area contributed by atoms with E-state index in [0.29, 0.717) is 32.8 Å². The number of amides is 3. The van der Waals surface area contributed by atoms with Gasteiger partial charge in [-0.15, -0.1) is 11.3 Å². The van der Waals surface area contributed by atoms with Crippen molar-refractivity contribution in [3.8, 4) is 5.75 Å². The normalized spacial score (nSPS) is 19.5. The zero-order valence-electron chi connectivity index (χ0n) is 20.1. The second kappa shape index (κ2) is 11.7. The number of thiophene rings is 1. The maximum Gasteiger partial charge on any atom is 0.317 e. The number of nitrogens with zero attached hydrogens (tertiary/aromatic N) is 2. The van der Waals surface area contributed by atoms with Gasteiger partial charge in [0, 0.05) is 31.1 Å². The molecule has 3 heterocycles. The van der Waals surface area contributed by atoms with E-state index in [1.165, 1.54) is 10.4 Å². The summed E-state index contributed by atoms with van der Waals surface area (Å²) in [7, 11) is 0. The van der Waals surface area contributed by atoms with Crippen LogP contribution in [0.15, 0.2) is 35.7 Å². The van der Waals surface area contributed by atoms with Crippen molar-refractivity contribution in [1.82, 2.24) is 15.1 Å². The van der Waals surface area contributed by atoms with Crippen molar-refractivity contribution in [3.63, 3.8) is 0 Å². The predicted octanol–water partition coefficient (Wildman–Crippen LogP) is 4.16. The van der Waals surface area contributed by atoms with E-state index in [9.17, 15) is 9.59 Å². The van der Waals surface area contributed by atoms with Crippen LogP contribution in [-0.2, 0) is 16.0 Å². The molecule has 4 rings (SSSR count). The molecule has 0 bridgehead atoms. The van der Waals surface area contributed by atoms with Crippen molar-refractivity contribution in [1.29, 1.82) is 0 Å². The van der Waals surface area contributed by atoms with Crippen LogP contribution >= 0.6 is 11.3 Å². The minimum Gasteiger partial charge on any atom is -0.491 e. The predicted molar refractivity (Wildman–Crippen MR) is 133 cm³/mol. The van der Waals surface area contributed by atoms with Crippen LogP contribution < -0.4 is 10.1 Å². The fourth-order valence-corrected chi connectivity index (χ4v) is 5.46. The molecule has 0 spiro atoms. The molecule has 8 heteroatoms. The standard InChI is InChI=1S/C26H35N3O4S/c1-3-12-27-26(31)28(16-21-5-4-14-32-21)17-25(30)29-13-10-24-22(11-15-34-24)23(29)18-33-20-8-6-19(2)7-9-20/h6-9,11,15,21,23H,3-5,10,12-14,16-18H2,1-2H3,(H,27,31)/t21-,23-/m1/s1. The second-order valence-corrected chi connectivity index (χ2v) is 10.0. The van der Waals surface area contributed by atoms with Gasteiger partial charge in [-0.25, -0.2) is 4.79 Å². The molecule has 0 aliphatic carbocycles. The highest BCUT2D eigenvalue weighted by molar-refractivity contribution is 7.10. The first-order valence-corrected chi connectivity index (χ1v) is 13.1. The Morgan fingerprint density at radius 1 is 1.26 bits per heavy atom. The molecule has 1 aromatic carbocycles. The summed E-state index contributed by atoms with van der Waals surface area (Å²) in [6.45, 7) is 6.84. The number of hydrogen-bond acceptors (Lipinski definition) is 5. The van der Waals surface area contributed by atoms with Crippen LogP contribution in [0.5, 0.6) is 5.75 Å². The van der Waals surface area contributed by atoms with E-state index in [4.69, 9.17) is 9.47 Å². The van der Waals surface area contributed by atoms with E-state index in [-0.39, 0.29) is 30.6 Å². The Morgan fingerprint density at radius 2 is 2.09 bits per heavy atom. The van der Waals surface area contributed by atoms with Gasteiger partial charge < -0.3 is 24.6 Å². The van der Waals surface area contributed by atoms with Crippen LogP contribution in [-0.4, -0.2) is 67.2 Å². The smallest absolute Gasteiger partial charge is 0.317 e. The zero-order valence-corrected chi connectivity index (χ0v) is 20.9. The molecule has 34 heavy (non-hydrogen) atoms. The van der Waals surface area contributed by atoms with E-state index in [1.807, 2.05) is 43.0 Å². The van der Waals surface area contributed by atoms with Gasteiger partial charge >= 0.3 is 6.03 Å². The number of benzene rings is 1. The molecule has 2 aliphatic heterocycles. The summed E-state index contributed by atoms with van der Waals surface area (Å²) < 4.78 is 11.9. The molecule has 2 atom stereocenters.